The van der Waals surface area contributed by atoms with Gasteiger partial charge in [0.25, 0.3) is 0 Å². The predicted octanol–water partition coefficient (Wildman–Crippen LogP) is 2.84. The SMILES string of the molecule is CCC(=O)N(O)c1cccc(C(F)(F)F)c1. The van der Waals surface area contributed by atoms with Gasteiger partial charge >= 0.3 is 6.18 Å². The molecule has 1 rings (SSSR count). The molecule has 1 aromatic carbocycles. The number of nitrogens with zero attached hydrogens (tertiary/aromatic N) is 1. The van der Waals surface area contributed by atoms with E-state index in [0.717, 1.165) is 12.1 Å². The average Bonchev–Trinajstić information content (AvgIpc) is 2.26. The molecular weight excluding hydrogens is 223 g/mol. The molecule has 0 atom stereocenters. The van der Waals surface area contributed by atoms with Gasteiger partial charge in [0.1, 0.15) is 0 Å². The van der Waals surface area contributed by atoms with Crippen molar-refractivity contribution in [2.75, 3.05) is 5.06 Å². The first-order valence-corrected chi connectivity index (χ1v) is 4.55. The number of carbonyl (C=O) groups is 1. The molecular formula is C10H10F3NO2. The van der Waals surface area contributed by atoms with Crippen molar-refractivity contribution in [2.45, 2.75) is 19.5 Å². The van der Waals surface area contributed by atoms with Crippen molar-refractivity contribution in [3.05, 3.63) is 29.8 Å². The van der Waals surface area contributed by atoms with Crippen molar-refractivity contribution in [1.29, 1.82) is 0 Å². The fourth-order valence-electron chi connectivity index (χ4n) is 1.11. The fraction of sp³-hybridized carbons (Fsp3) is 0.300. The number of carbonyl (C=O) groups excluding carboxylic acids is 1. The molecule has 0 fully saturated rings. The maximum atomic E-state index is 12.3. The van der Waals surface area contributed by atoms with Gasteiger partial charge < -0.3 is 0 Å². The highest BCUT2D eigenvalue weighted by molar-refractivity contribution is 5.90. The summed E-state index contributed by atoms with van der Waals surface area (Å²) in [6.07, 6.45) is -4.49. The minimum Gasteiger partial charge on any atom is -0.281 e. The van der Waals surface area contributed by atoms with Crippen molar-refractivity contribution < 1.29 is 23.2 Å². The van der Waals surface area contributed by atoms with Crippen LogP contribution in [0.1, 0.15) is 18.9 Å². The number of amides is 1. The van der Waals surface area contributed by atoms with Crippen LogP contribution in [0.2, 0.25) is 0 Å². The summed E-state index contributed by atoms with van der Waals surface area (Å²) < 4.78 is 37.0. The minimum absolute atomic E-state index is 0.00669. The summed E-state index contributed by atoms with van der Waals surface area (Å²) in [5.74, 6) is -0.667. The maximum absolute atomic E-state index is 12.3. The van der Waals surface area contributed by atoms with E-state index in [2.05, 4.69) is 0 Å². The van der Waals surface area contributed by atoms with Crippen LogP contribution in [0.4, 0.5) is 18.9 Å². The van der Waals surface area contributed by atoms with E-state index in [4.69, 9.17) is 0 Å². The molecule has 0 aliphatic carbocycles. The molecule has 0 aromatic heterocycles. The lowest BCUT2D eigenvalue weighted by molar-refractivity contribution is -0.137. The largest absolute Gasteiger partial charge is 0.416 e. The number of hydrogen-bond donors (Lipinski definition) is 1. The Hall–Kier alpha value is -1.56. The van der Waals surface area contributed by atoms with Gasteiger partial charge in [-0.3, -0.25) is 10.0 Å². The van der Waals surface area contributed by atoms with Crippen molar-refractivity contribution in [3.63, 3.8) is 0 Å². The number of hydrogen-bond acceptors (Lipinski definition) is 2. The minimum atomic E-state index is -4.49. The first kappa shape index (κ1) is 12.5. The smallest absolute Gasteiger partial charge is 0.281 e. The molecule has 0 spiro atoms. The molecule has 0 aliphatic heterocycles. The van der Waals surface area contributed by atoms with Crippen LogP contribution in [0.3, 0.4) is 0 Å². The standard InChI is InChI=1S/C10H10F3NO2/c1-2-9(15)14(16)8-5-3-4-7(6-8)10(11,12)13/h3-6,16H,2H2,1H3. The van der Waals surface area contributed by atoms with E-state index >= 15 is 0 Å². The van der Waals surface area contributed by atoms with Crippen LogP contribution in [-0.4, -0.2) is 11.1 Å². The summed E-state index contributed by atoms with van der Waals surface area (Å²) in [7, 11) is 0. The van der Waals surface area contributed by atoms with Crippen molar-refractivity contribution in [3.8, 4) is 0 Å². The van der Waals surface area contributed by atoms with Crippen LogP contribution < -0.4 is 5.06 Å². The van der Waals surface area contributed by atoms with Crippen LogP contribution in [0.15, 0.2) is 24.3 Å². The normalized spacial score (nSPS) is 11.3. The molecule has 0 saturated carbocycles. The molecule has 3 nitrogen and oxygen atoms in total. The number of benzene rings is 1. The molecule has 0 heterocycles. The summed E-state index contributed by atoms with van der Waals surface area (Å²) >= 11 is 0. The van der Waals surface area contributed by atoms with Crippen LogP contribution >= 0.6 is 0 Å². The average molecular weight is 233 g/mol. The zero-order valence-electron chi connectivity index (χ0n) is 8.45. The van der Waals surface area contributed by atoms with Gasteiger partial charge in [0.15, 0.2) is 0 Å². The molecule has 0 aliphatic rings. The Morgan fingerprint density at radius 3 is 2.56 bits per heavy atom. The molecule has 0 saturated heterocycles. The number of anilines is 1. The highest BCUT2D eigenvalue weighted by atomic mass is 19.4. The van der Waals surface area contributed by atoms with E-state index in [1.807, 2.05) is 0 Å². The van der Waals surface area contributed by atoms with Gasteiger partial charge in [-0.15, -0.1) is 0 Å². The first-order chi connectivity index (χ1) is 7.36. The number of hydroxylamine groups is 1. The van der Waals surface area contributed by atoms with Gasteiger partial charge in [-0.25, -0.2) is 0 Å². The Bertz CT molecular complexity index is 390. The molecule has 1 aromatic rings. The third-order valence-electron chi connectivity index (χ3n) is 1.96. The zero-order chi connectivity index (χ0) is 12.3. The number of alkyl halides is 3. The first-order valence-electron chi connectivity index (χ1n) is 4.55. The van der Waals surface area contributed by atoms with Gasteiger partial charge in [0.2, 0.25) is 5.91 Å². The van der Waals surface area contributed by atoms with Crippen molar-refractivity contribution in [2.24, 2.45) is 0 Å². The Balaban J connectivity index is 3.04. The van der Waals surface area contributed by atoms with E-state index in [0.29, 0.717) is 6.07 Å². The summed E-state index contributed by atoms with van der Waals surface area (Å²) in [6, 6.07) is 3.94. The second kappa shape index (κ2) is 4.52. The van der Waals surface area contributed by atoms with Crippen LogP contribution in [-0.2, 0) is 11.0 Å². The van der Waals surface area contributed by atoms with E-state index in [1.165, 1.54) is 13.0 Å². The predicted molar refractivity (Wildman–Crippen MR) is 51.0 cm³/mol. The Morgan fingerprint density at radius 2 is 2.06 bits per heavy atom. The second-order valence-corrected chi connectivity index (χ2v) is 3.11. The Labute approximate surface area is 90.1 Å². The Morgan fingerprint density at radius 1 is 1.44 bits per heavy atom. The van der Waals surface area contributed by atoms with E-state index < -0.39 is 17.6 Å². The van der Waals surface area contributed by atoms with E-state index in [-0.39, 0.29) is 17.2 Å². The highest BCUT2D eigenvalue weighted by Gasteiger charge is 2.31. The third-order valence-corrected chi connectivity index (χ3v) is 1.96. The summed E-state index contributed by atoms with van der Waals surface area (Å²) in [5, 5.41) is 9.51. The Kier molecular flexibility index (Phi) is 3.54. The molecule has 16 heavy (non-hydrogen) atoms. The summed E-state index contributed by atoms with van der Waals surface area (Å²) in [4.78, 5) is 11.1. The van der Waals surface area contributed by atoms with Crippen molar-refractivity contribution in [1.82, 2.24) is 0 Å². The van der Waals surface area contributed by atoms with Gasteiger partial charge in [-0.1, -0.05) is 13.0 Å². The lowest BCUT2D eigenvalue weighted by Gasteiger charge is -2.15. The number of rotatable bonds is 2. The quantitative estimate of drug-likeness (QED) is 0.630. The van der Waals surface area contributed by atoms with Gasteiger partial charge in [0, 0.05) is 6.42 Å². The van der Waals surface area contributed by atoms with E-state index in [1.54, 1.807) is 0 Å². The zero-order valence-corrected chi connectivity index (χ0v) is 8.45. The molecule has 6 heteroatoms. The highest BCUT2D eigenvalue weighted by Crippen LogP contribution is 2.31. The second-order valence-electron chi connectivity index (χ2n) is 3.11. The van der Waals surface area contributed by atoms with Crippen LogP contribution in [0.5, 0.6) is 0 Å². The summed E-state index contributed by atoms with van der Waals surface area (Å²) in [6.45, 7) is 1.50. The van der Waals surface area contributed by atoms with Crippen LogP contribution in [0, 0.1) is 0 Å². The number of halogens is 3. The lowest BCUT2D eigenvalue weighted by atomic mass is 10.2. The fourth-order valence-corrected chi connectivity index (χ4v) is 1.11. The van der Waals surface area contributed by atoms with E-state index in [9.17, 15) is 23.2 Å². The van der Waals surface area contributed by atoms with Crippen molar-refractivity contribution >= 4 is 11.6 Å². The van der Waals surface area contributed by atoms with Gasteiger partial charge in [-0.2, -0.15) is 18.2 Å². The monoisotopic (exact) mass is 233 g/mol. The topological polar surface area (TPSA) is 40.5 Å². The summed E-state index contributed by atoms with van der Waals surface area (Å²) in [5.41, 5.74) is -1.10. The molecule has 1 amide bonds. The van der Waals surface area contributed by atoms with Gasteiger partial charge in [-0.05, 0) is 18.2 Å². The maximum Gasteiger partial charge on any atom is 0.416 e. The molecule has 0 bridgehead atoms. The van der Waals surface area contributed by atoms with Gasteiger partial charge in [0.05, 0.1) is 11.3 Å². The molecule has 0 radical (unpaired) electrons. The molecule has 88 valence electrons. The molecule has 1 N–H and O–H groups in total. The molecule has 0 unspecified atom stereocenters. The van der Waals surface area contributed by atoms with Crippen LogP contribution in [0.25, 0.3) is 0 Å². The lowest BCUT2D eigenvalue weighted by Crippen LogP contribution is -2.26. The third kappa shape index (κ3) is 2.73.